The highest BCUT2D eigenvalue weighted by atomic mass is 16.6. The van der Waals surface area contributed by atoms with E-state index in [2.05, 4.69) is 16.1 Å². The number of nitrogens with zero attached hydrogens (tertiary/aromatic N) is 2. The Morgan fingerprint density at radius 1 is 1.17 bits per heavy atom. The maximum absolute atomic E-state index is 12.2. The first-order chi connectivity index (χ1) is 19.5. The van der Waals surface area contributed by atoms with Gasteiger partial charge in [-0.1, -0.05) is 36.3 Å². The normalized spacial score (nSPS) is 24.1. The van der Waals surface area contributed by atoms with Gasteiger partial charge in [-0.15, -0.1) is 6.42 Å². The van der Waals surface area contributed by atoms with Crippen LogP contribution in [0.25, 0.3) is 0 Å². The number of rotatable bonds is 10. The first-order valence-electron chi connectivity index (χ1n) is 14.3. The van der Waals surface area contributed by atoms with Gasteiger partial charge in [0.05, 0.1) is 18.9 Å². The minimum Gasteiger partial charge on any atom is -0.478 e. The molecule has 3 atom stereocenters. The van der Waals surface area contributed by atoms with Crippen molar-refractivity contribution in [2.45, 2.75) is 76.7 Å². The van der Waals surface area contributed by atoms with Crippen LogP contribution >= 0.6 is 0 Å². The van der Waals surface area contributed by atoms with E-state index in [1.54, 1.807) is 26.8 Å². The number of aromatic nitrogens is 1. The molecule has 4 heterocycles. The van der Waals surface area contributed by atoms with E-state index in [1.165, 1.54) is 6.92 Å². The summed E-state index contributed by atoms with van der Waals surface area (Å²) in [6, 6.07) is 12.4. The molecule has 2 unspecified atom stereocenters. The summed E-state index contributed by atoms with van der Waals surface area (Å²) in [5.74, 6) is 2.80. The van der Waals surface area contributed by atoms with E-state index < -0.39 is 35.3 Å². The van der Waals surface area contributed by atoms with Gasteiger partial charge in [0, 0.05) is 24.5 Å². The zero-order valence-corrected chi connectivity index (χ0v) is 24.4. The molecule has 3 aliphatic rings. The summed E-state index contributed by atoms with van der Waals surface area (Å²) in [6.45, 7) is 8.95. The predicted molar refractivity (Wildman–Crippen MR) is 154 cm³/mol. The molecule has 5 rings (SSSR count). The van der Waals surface area contributed by atoms with E-state index >= 15 is 0 Å². The molecule has 0 aliphatic carbocycles. The number of piperidine rings is 3. The third-order valence-corrected chi connectivity index (χ3v) is 7.56. The number of hydrogen-bond donors (Lipinski definition) is 2. The number of fused-ring (bicyclic) bond motifs is 3. The highest BCUT2D eigenvalue weighted by molar-refractivity contribution is 5.81. The molecular weight excluding hydrogens is 522 g/mol. The average Bonchev–Trinajstić information content (AvgIpc) is 2.93. The lowest BCUT2D eigenvalue weighted by Gasteiger charge is -2.54. The average molecular weight is 564 g/mol. The van der Waals surface area contributed by atoms with Gasteiger partial charge in [0.15, 0.2) is 0 Å². The Balaban J connectivity index is 1.39. The minimum absolute atomic E-state index is 0.0681. The molecule has 41 heavy (non-hydrogen) atoms. The van der Waals surface area contributed by atoms with Crippen LogP contribution in [0.15, 0.2) is 42.5 Å². The molecule has 1 aromatic heterocycles. The standard InChI is InChI=1S/C32H41N3O6/c1-6-27-32(38,24-15-17-35(27)18-16-24)25-13-14-28(34-26(25)21-23-11-8-7-9-12-23)39-19-10-20-40-29(36)22(2)33-30(37)41-31(3,4)5/h1,7-9,11-14,22,24,27,38H,10,15-21H2,2-5H3,(H,33,37)/t22-,27?,32?/m0/s1. The highest BCUT2D eigenvalue weighted by Gasteiger charge is 2.54. The number of aliphatic hydroxyl groups is 1. The van der Waals surface area contributed by atoms with Crippen molar-refractivity contribution in [3.8, 4) is 18.2 Å². The first kappa shape index (κ1) is 30.4. The zero-order chi connectivity index (χ0) is 29.6. The Morgan fingerprint density at radius 3 is 2.54 bits per heavy atom. The molecule has 2 bridgehead atoms. The SMILES string of the molecule is C#CC1N2CCC(CC2)C1(O)c1ccc(OCCCOC(=O)[C@H](C)NC(=O)OC(C)(C)C)nc1Cc1ccccc1. The van der Waals surface area contributed by atoms with Gasteiger partial charge in [-0.25, -0.2) is 14.6 Å². The lowest BCUT2D eigenvalue weighted by atomic mass is 9.66. The molecule has 220 valence electrons. The van der Waals surface area contributed by atoms with E-state index in [9.17, 15) is 14.7 Å². The molecular formula is C32H41N3O6. The van der Waals surface area contributed by atoms with Crippen molar-refractivity contribution in [3.63, 3.8) is 0 Å². The second kappa shape index (κ2) is 12.9. The molecule has 0 radical (unpaired) electrons. The summed E-state index contributed by atoms with van der Waals surface area (Å²) in [7, 11) is 0. The van der Waals surface area contributed by atoms with Crippen molar-refractivity contribution in [1.82, 2.24) is 15.2 Å². The summed E-state index contributed by atoms with van der Waals surface area (Å²) in [5.41, 5.74) is 0.721. The summed E-state index contributed by atoms with van der Waals surface area (Å²) in [4.78, 5) is 31.1. The molecule has 3 fully saturated rings. The molecule has 9 nitrogen and oxygen atoms in total. The van der Waals surface area contributed by atoms with Crippen molar-refractivity contribution in [2.75, 3.05) is 26.3 Å². The lowest BCUT2D eigenvalue weighted by Crippen LogP contribution is -2.63. The van der Waals surface area contributed by atoms with Gasteiger partial charge in [-0.2, -0.15) is 0 Å². The Hall–Kier alpha value is -3.61. The van der Waals surface area contributed by atoms with E-state index in [1.807, 2.05) is 36.4 Å². The Labute approximate surface area is 242 Å². The van der Waals surface area contributed by atoms with Crippen LogP contribution in [0.4, 0.5) is 4.79 Å². The second-order valence-corrected chi connectivity index (χ2v) is 11.7. The number of alkyl carbamates (subject to hydrolysis) is 1. The Morgan fingerprint density at radius 2 is 1.88 bits per heavy atom. The number of carbonyl (C=O) groups is 2. The highest BCUT2D eigenvalue weighted by Crippen LogP contribution is 2.47. The maximum Gasteiger partial charge on any atom is 0.408 e. The number of pyridine rings is 1. The minimum atomic E-state index is -1.18. The molecule has 0 spiro atoms. The number of amides is 1. The van der Waals surface area contributed by atoms with Crippen molar-refractivity contribution in [1.29, 1.82) is 0 Å². The number of esters is 1. The zero-order valence-electron chi connectivity index (χ0n) is 24.4. The number of carbonyl (C=O) groups excluding carboxylic acids is 2. The fourth-order valence-electron chi connectivity index (χ4n) is 5.63. The third kappa shape index (κ3) is 7.38. The van der Waals surface area contributed by atoms with Gasteiger partial charge in [0.25, 0.3) is 0 Å². The molecule has 1 aromatic carbocycles. The van der Waals surface area contributed by atoms with Crippen LogP contribution in [0, 0.1) is 18.3 Å². The molecule has 3 aliphatic heterocycles. The summed E-state index contributed by atoms with van der Waals surface area (Å²) in [5, 5.41) is 14.6. The topological polar surface area (TPSA) is 110 Å². The van der Waals surface area contributed by atoms with Crippen LogP contribution in [0.2, 0.25) is 0 Å². The van der Waals surface area contributed by atoms with Crippen molar-refractivity contribution >= 4 is 12.1 Å². The van der Waals surface area contributed by atoms with Gasteiger partial charge < -0.3 is 24.6 Å². The molecule has 0 saturated carbocycles. The Bertz CT molecular complexity index is 1250. The third-order valence-electron chi connectivity index (χ3n) is 7.56. The molecule has 2 N–H and O–H groups in total. The number of ether oxygens (including phenoxy) is 3. The van der Waals surface area contributed by atoms with Crippen molar-refractivity contribution < 1.29 is 28.9 Å². The Kier molecular flexibility index (Phi) is 9.57. The first-order valence-corrected chi connectivity index (χ1v) is 14.3. The predicted octanol–water partition coefficient (Wildman–Crippen LogP) is 3.81. The fourth-order valence-corrected chi connectivity index (χ4v) is 5.63. The monoisotopic (exact) mass is 563 g/mol. The molecule has 9 heteroatoms. The molecule has 3 saturated heterocycles. The molecule has 2 aromatic rings. The number of benzene rings is 1. The second-order valence-electron chi connectivity index (χ2n) is 11.7. The van der Waals surface area contributed by atoms with E-state index in [-0.39, 0.29) is 19.1 Å². The van der Waals surface area contributed by atoms with Crippen LogP contribution in [0.5, 0.6) is 5.88 Å². The van der Waals surface area contributed by atoms with Gasteiger partial charge in [0.1, 0.15) is 23.3 Å². The number of hydrogen-bond acceptors (Lipinski definition) is 8. The van der Waals surface area contributed by atoms with Gasteiger partial charge in [-0.3, -0.25) is 4.90 Å². The van der Waals surface area contributed by atoms with Gasteiger partial charge >= 0.3 is 12.1 Å². The van der Waals surface area contributed by atoms with Crippen LogP contribution in [-0.4, -0.2) is 71.0 Å². The molecule has 1 amide bonds. The van der Waals surface area contributed by atoms with Crippen molar-refractivity contribution in [3.05, 3.63) is 59.3 Å². The van der Waals surface area contributed by atoms with Gasteiger partial charge in [0.2, 0.25) is 5.88 Å². The van der Waals surface area contributed by atoms with E-state index in [0.717, 1.165) is 42.8 Å². The van der Waals surface area contributed by atoms with Crippen LogP contribution < -0.4 is 10.1 Å². The lowest BCUT2D eigenvalue weighted by molar-refractivity contribution is -0.145. The largest absolute Gasteiger partial charge is 0.478 e. The van der Waals surface area contributed by atoms with E-state index in [0.29, 0.717) is 18.7 Å². The summed E-state index contributed by atoms with van der Waals surface area (Å²) >= 11 is 0. The summed E-state index contributed by atoms with van der Waals surface area (Å²) in [6.07, 6.45) is 8.02. The maximum atomic E-state index is 12.2. The van der Waals surface area contributed by atoms with Crippen LogP contribution in [0.1, 0.15) is 63.8 Å². The smallest absolute Gasteiger partial charge is 0.408 e. The number of terminal acetylenes is 1. The van der Waals surface area contributed by atoms with Crippen LogP contribution in [-0.2, 0) is 26.3 Å². The van der Waals surface area contributed by atoms with E-state index in [4.69, 9.17) is 25.6 Å². The van der Waals surface area contributed by atoms with Gasteiger partial charge in [-0.05, 0) is 71.2 Å². The fraction of sp³-hybridized carbons (Fsp3) is 0.531. The number of nitrogens with one attached hydrogen (secondary N) is 1. The summed E-state index contributed by atoms with van der Waals surface area (Å²) < 4.78 is 16.4. The van der Waals surface area contributed by atoms with Crippen LogP contribution in [0.3, 0.4) is 0 Å². The van der Waals surface area contributed by atoms with Crippen molar-refractivity contribution in [2.24, 2.45) is 5.92 Å². The quantitative estimate of drug-likeness (QED) is 0.255.